The Bertz CT molecular complexity index is 3440. The third-order valence-corrected chi connectivity index (χ3v) is 14.5. The zero-order valence-corrected chi connectivity index (χ0v) is 39.5. The lowest BCUT2D eigenvalue weighted by Crippen LogP contribution is -2.29. The summed E-state index contributed by atoms with van der Waals surface area (Å²) in [5.41, 5.74) is 22.0. The first kappa shape index (κ1) is 42.2. The maximum Gasteiger partial charge on any atom is 0.119 e. The van der Waals surface area contributed by atoms with Crippen molar-refractivity contribution < 1.29 is 4.74 Å². The van der Waals surface area contributed by atoms with E-state index >= 15 is 0 Å². The number of ether oxygens (including phenoxy) is 1. The minimum atomic E-state index is -0.618. The van der Waals surface area contributed by atoms with Crippen LogP contribution < -0.4 is 9.64 Å². The van der Waals surface area contributed by atoms with Crippen molar-refractivity contribution in [3.63, 3.8) is 0 Å². The second kappa shape index (κ2) is 16.8. The van der Waals surface area contributed by atoms with Crippen LogP contribution in [0.2, 0.25) is 0 Å². The van der Waals surface area contributed by atoms with E-state index in [0.717, 1.165) is 22.8 Å². The lowest BCUT2D eigenvalue weighted by atomic mass is 9.67. The number of hydrogen-bond acceptors (Lipinski definition) is 2. The molecular weight excluding hydrogens is 835 g/mol. The van der Waals surface area contributed by atoms with Gasteiger partial charge in [-0.1, -0.05) is 205 Å². The van der Waals surface area contributed by atoms with E-state index < -0.39 is 10.8 Å². The quantitative estimate of drug-likeness (QED) is 0.136. The molecule has 0 radical (unpaired) electrons. The standard InChI is InChI=1S/C67H53NO/c1-45(2)69-57-36-30-52(31-37-57)67(53-41-46(3)40-47(4)42-53)63-27-17-15-25-59(63)61-39-35-56(44-65(61)67)68(54-32-28-49(29-33-54)48-18-8-5-9-19-48)55-34-38-60-58-24-14-16-26-62(58)66(64(60)43-55,50-20-10-6-11-21-50)51-22-12-7-13-23-51/h5-45H,1-4H3. The third-order valence-electron chi connectivity index (χ3n) is 14.5. The molecule has 1 atom stereocenters. The predicted molar refractivity (Wildman–Crippen MR) is 286 cm³/mol. The van der Waals surface area contributed by atoms with Gasteiger partial charge < -0.3 is 9.64 Å². The van der Waals surface area contributed by atoms with Crippen molar-refractivity contribution >= 4 is 17.1 Å². The second-order valence-corrected chi connectivity index (χ2v) is 19.1. The van der Waals surface area contributed by atoms with Gasteiger partial charge in [-0.3, -0.25) is 0 Å². The molecule has 0 saturated carbocycles. The summed E-state index contributed by atoms with van der Waals surface area (Å²) >= 11 is 0. The Labute approximate surface area is 406 Å². The van der Waals surface area contributed by atoms with Gasteiger partial charge in [-0.05, 0) is 154 Å². The minimum absolute atomic E-state index is 0.0754. The van der Waals surface area contributed by atoms with Gasteiger partial charge in [0.25, 0.3) is 0 Å². The first-order valence-corrected chi connectivity index (χ1v) is 24.3. The number of fused-ring (bicyclic) bond motifs is 6. The van der Waals surface area contributed by atoms with Crippen molar-refractivity contribution in [1.82, 2.24) is 0 Å². The van der Waals surface area contributed by atoms with Crippen molar-refractivity contribution in [2.45, 2.75) is 44.6 Å². The Balaban J connectivity index is 1.13. The molecule has 332 valence electrons. The molecule has 2 nitrogen and oxygen atoms in total. The van der Waals surface area contributed by atoms with Crippen LogP contribution in [-0.4, -0.2) is 6.10 Å². The van der Waals surface area contributed by atoms with Gasteiger partial charge in [0.05, 0.1) is 16.9 Å². The Morgan fingerprint density at radius 3 is 1.25 bits per heavy atom. The molecule has 10 aromatic rings. The molecule has 12 rings (SSSR count). The van der Waals surface area contributed by atoms with E-state index in [1.165, 1.54) is 89.0 Å². The van der Waals surface area contributed by atoms with E-state index in [0.29, 0.717) is 0 Å². The average Bonchev–Trinajstić information content (AvgIpc) is 3.85. The first-order valence-electron chi connectivity index (χ1n) is 24.3. The molecule has 10 aromatic carbocycles. The number of nitrogens with zero attached hydrogens (tertiary/aromatic N) is 1. The van der Waals surface area contributed by atoms with Gasteiger partial charge in [0.15, 0.2) is 0 Å². The van der Waals surface area contributed by atoms with Crippen molar-refractivity contribution in [2.24, 2.45) is 0 Å². The topological polar surface area (TPSA) is 12.5 Å². The van der Waals surface area contributed by atoms with Crippen LogP contribution in [0.1, 0.15) is 69.5 Å². The highest BCUT2D eigenvalue weighted by atomic mass is 16.5. The van der Waals surface area contributed by atoms with Gasteiger partial charge in [-0.15, -0.1) is 0 Å². The highest BCUT2D eigenvalue weighted by Crippen LogP contribution is 2.60. The predicted octanol–water partition coefficient (Wildman–Crippen LogP) is 17.0. The molecular formula is C67H53NO. The Hall–Kier alpha value is -8.20. The van der Waals surface area contributed by atoms with Gasteiger partial charge in [0.2, 0.25) is 0 Å². The Morgan fingerprint density at radius 1 is 0.333 bits per heavy atom. The number of rotatable bonds is 10. The van der Waals surface area contributed by atoms with E-state index in [9.17, 15) is 0 Å². The first-order chi connectivity index (χ1) is 33.8. The Morgan fingerprint density at radius 2 is 0.739 bits per heavy atom. The van der Waals surface area contributed by atoms with Crippen LogP contribution in [0.5, 0.6) is 5.75 Å². The van der Waals surface area contributed by atoms with E-state index in [1.54, 1.807) is 0 Å². The van der Waals surface area contributed by atoms with Crippen molar-refractivity contribution in [3.05, 3.63) is 298 Å². The number of aryl methyl sites for hydroxylation is 2. The van der Waals surface area contributed by atoms with Gasteiger partial charge in [0.1, 0.15) is 5.75 Å². The largest absolute Gasteiger partial charge is 0.491 e. The maximum atomic E-state index is 6.25. The molecule has 2 aliphatic rings. The summed E-state index contributed by atoms with van der Waals surface area (Å²) in [5, 5.41) is 0. The van der Waals surface area contributed by atoms with E-state index in [-0.39, 0.29) is 6.10 Å². The number of anilines is 3. The molecule has 0 aliphatic heterocycles. The van der Waals surface area contributed by atoms with Crippen LogP contribution in [0.25, 0.3) is 33.4 Å². The molecule has 0 N–H and O–H groups in total. The van der Waals surface area contributed by atoms with Crippen LogP contribution in [0.4, 0.5) is 17.1 Å². The van der Waals surface area contributed by atoms with Gasteiger partial charge in [0, 0.05) is 17.1 Å². The molecule has 0 heterocycles. The summed E-state index contributed by atoms with van der Waals surface area (Å²) in [6.45, 7) is 8.61. The maximum absolute atomic E-state index is 6.25. The summed E-state index contributed by atoms with van der Waals surface area (Å²) in [5.74, 6) is 0.871. The zero-order chi connectivity index (χ0) is 46.7. The van der Waals surface area contributed by atoms with Crippen molar-refractivity contribution in [2.75, 3.05) is 4.90 Å². The molecule has 0 bridgehead atoms. The van der Waals surface area contributed by atoms with Crippen LogP contribution in [0, 0.1) is 13.8 Å². The molecule has 0 saturated heterocycles. The molecule has 1 unspecified atom stereocenters. The molecule has 0 aromatic heterocycles. The van der Waals surface area contributed by atoms with Gasteiger partial charge >= 0.3 is 0 Å². The lowest BCUT2D eigenvalue weighted by Gasteiger charge is -2.36. The average molecular weight is 888 g/mol. The smallest absolute Gasteiger partial charge is 0.119 e. The fraction of sp³-hybridized carbons (Fsp3) is 0.104. The highest BCUT2D eigenvalue weighted by molar-refractivity contribution is 5.92. The monoisotopic (exact) mass is 887 g/mol. The second-order valence-electron chi connectivity index (χ2n) is 19.1. The van der Waals surface area contributed by atoms with Crippen molar-refractivity contribution in [1.29, 1.82) is 0 Å². The normalized spacial score (nSPS) is 15.0. The fourth-order valence-corrected chi connectivity index (χ4v) is 11.9. The Kier molecular flexibility index (Phi) is 10.3. The van der Waals surface area contributed by atoms with Crippen LogP contribution in [0.15, 0.2) is 243 Å². The summed E-state index contributed by atoms with van der Waals surface area (Å²) in [7, 11) is 0. The van der Waals surface area contributed by atoms with E-state index in [4.69, 9.17) is 4.74 Å². The number of benzene rings is 10. The summed E-state index contributed by atoms with van der Waals surface area (Å²) in [6.07, 6.45) is 0.0754. The third kappa shape index (κ3) is 6.77. The van der Waals surface area contributed by atoms with Crippen LogP contribution in [-0.2, 0) is 10.8 Å². The van der Waals surface area contributed by atoms with Crippen LogP contribution >= 0.6 is 0 Å². The highest BCUT2D eigenvalue weighted by Gasteiger charge is 2.48. The molecule has 69 heavy (non-hydrogen) atoms. The van der Waals surface area contributed by atoms with Crippen LogP contribution in [0.3, 0.4) is 0 Å². The SMILES string of the molecule is Cc1cc(C)cc(C2(c3ccc(OC(C)C)cc3)c3ccccc3-c3ccc(N(c4ccc(-c5ccccc5)cc4)c4ccc5c(c4)C(c4ccccc4)(c4ccccc4)c4ccccc4-5)cc32)c1. The fourth-order valence-electron chi connectivity index (χ4n) is 11.9. The summed E-state index contributed by atoms with van der Waals surface area (Å²) in [4.78, 5) is 2.48. The zero-order valence-electron chi connectivity index (χ0n) is 39.5. The van der Waals surface area contributed by atoms with Gasteiger partial charge in [-0.25, -0.2) is 0 Å². The number of hydrogen-bond donors (Lipinski definition) is 0. The molecule has 2 heteroatoms. The summed E-state index contributed by atoms with van der Waals surface area (Å²) < 4.78 is 6.25. The van der Waals surface area contributed by atoms with E-state index in [2.05, 4.69) is 275 Å². The molecule has 2 aliphatic carbocycles. The van der Waals surface area contributed by atoms with Crippen molar-refractivity contribution in [3.8, 4) is 39.1 Å². The van der Waals surface area contributed by atoms with Gasteiger partial charge in [-0.2, -0.15) is 0 Å². The molecule has 0 amide bonds. The molecule has 0 spiro atoms. The van der Waals surface area contributed by atoms with E-state index in [1.807, 2.05) is 0 Å². The minimum Gasteiger partial charge on any atom is -0.491 e. The summed E-state index contributed by atoms with van der Waals surface area (Å²) in [6, 6.07) is 90.4. The molecule has 0 fully saturated rings. The lowest BCUT2D eigenvalue weighted by molar-refractivity contribution is 0.242.